The van der Waals surface area contributed by atoms with Crippen LogP contribution in [-0.2, 0) is 13.6 Å². The smallest absolute Gasteiger partial charge is 0.327 e. The molecule has 0 radical (unpaired) electrons. The van der Waals surface area contributed by atoms with Crippen LogP contribution in [0.4, 0.5) is 0 Å². The minimum absolute atomic E-state index is 0.588. The molecule has 0 bridgehead atoms. The van der Waals surface area contributed by atoms with Crippen molar-refractivity contribution < 1.29 is 18.8 Å². The number of carboxylic acid groups (broad SMARTS) is 1. The van der Waals surface area contributed by atoms with Crippen molar-refractivity contribution in [2.75, 3.05) is 13.2 Å². The Balaban J connectivity index is 0. The van der Waals surface area contributed by atoms with E-state index in [-0.39, 0.29) is 0 Å². The highest BCUT2D eigenvalue weighted by Crippen LogP contribution is 1.84. The van der Waals surface area contributed by atoms with Crippen LogP contribution in [-0.4, -0.2) is 43.8 Å². The van der Waals surface area contributed by atoms with Gasteiger partial charge >= 0.3 is 5.97 Å². The highest BCUT2D eigenvalue weighted by Gasteiger charge is 1.94. The van der Waals surface area contributed by atoms with Crippen molar-refractivity contribution in [2.45, 2.75) is 13.1 Å². The van der Waals surface area contributed by atoms with E-state index >= 15 is 0 Å². The molecule has 0 spiro atoms. The van der Waals surface area contributed by atoms with Crippen LogP contribution in [0.2, 0.25) is 13.1 Å². The Morgan fingerprint density at radius 2 is 1.92 bits per heavy atom. The zero-order valence-corrected chi connectivity index (χ0v) is 11.6. The first-order chi connectivity index (χ1) is 6.04. The quantitative estimate of drug-likeness (QED) is 0.390. The van der Waals surface area contributed by atoms with Gasteiger partial charge in [-0.15, -0.1) is 0 Å². The number of hydrogen-bond donors (Lipinski definition) is 1. The van der Waals surface area contributed by atoms with E-state index in [0.717, 1.165) is 29.8 Å². The van der Waals surface area contributed by atoms with E-state index in [1.807, 2.05) is 0 Å². The normalized spacial score (nSPS) is 11.9. The highest BCUT2D eigenvalue weighted by atomic mass is 28.3. The molecule has 78 valence electrons. The van der Waals surface area contributed by atoms with Crippen molar-refractivity contribution in [1.29, 1.82) is 0 Å². The van der Waals surface area contributed by atoms with Crippen LogP contribution in [0.15, 0.2) is 12.7 Å². The second-order valence-electron chi connectivity index (χ2n) is 2.44. The molecule has 1 heterocycles. The molecule has 1 N–H and O–H groups in total. The maximum atomic E-state index is 9.25. The van der Waals surface area contributed by atoms with Crippen LogP contribution >= 0.6 is 0 Å². The standard InChI is InChI=1S/C3H4O2.C2H10OSi2.C2H4O/c1-2-3(4)5;1-5(2)3-4;1-2-3-1/h2H,1H2,(H,4,5);5H,1-2,4H3;1-2H2. The molecule has 1 fully saturated rings. The summed E-state index contributed by atoms with van der Waals surface area (Å²) in [5, 5.41) is 7.60. The van der Waals surface area contributed by atoms with E-state index in [1.165, 1.54) is 0 Å². The van der Waals surface area contributed by atoms with Crippen molar-refractivity contribution in [3.8, 4) is 0 Å². The first-order valence-electron chi connectivity index (χ1n) is 4.00. The van der Waals surface area contributed by atoms with E-state index < -0.39 is 15.0 Å². The van der Waals surface area contributed by atoms with Gasteiger partial charge in [0, 0.05) is 6.08 Å². The van der Waals surface area contributed by atoms with Gasteiger partial charge in [0.25, 0.3) is 0 Å². The fraction of sp³-hybridized carbons (Fsp3) is 0.571. The van der Waals surface area contributed by atoms with E-state index in [0.29, 0.717) is 0 Å². The van der Waals surface area contributed by atoms with Gasteiger partial charge in [-0.05, 0) is 13.1 Å². The number of ether oxygens (including phenoxy) is 1. The summed E-state index contributed by atoms with van der Waals surface area (Å²) in [4.78, 5) is 9.25. The fourth-order valence-corrected chi connectivity index (χ4v) is 0. The van der Waals surface area contributed by atoms with Gasteiger partial charge in [-0.25, -0.2) is 4.79 Å². The Labute approximate surface area is 83.8 Å². The van der Waals surface area contributed by atoms with Gasteiger partial charge in [0.1, 0.15) is 10.5 Å². The number of aliphatic carboxylic acids is 1. The molecule has 0 unspecified atom stereocenters. The fourth-order valence-electron chi connectivity index (χ4n) is 0. The lowest BCUT2D eigenvalue weighted by Gasteiger charge is -1.93. The van der Waals surface area contributed by atoms with Gasteiger partial charge < -0.3 is 14.0 Å². The maximum absolute atomic E-state index is 9.25. The SMILES string of the molecule is C1CO1.C=CC(=O)O.C[SiH](C)O[SiH3]. The average molecular weight is 222 g/mol. The number of carboxylic acids is 1. The van der Waals surface area contributed by atoms with E-state index in [2.05, 4.69) is 24.4 Å². The minimum Gasteiger partial charge on any atom is -0.478 e. The molecule has 1 aliphatic rings. The van der Waals surface area contributed by atoms with Crippen molar-refractivity contribution >= 4 is 25.5 Å². The molecule has 0 amide bonds. The monoisotopic (exact) mass is 222 g/mol. The third-order valence-electron chi connectivity index (χ3n) is 0.850. The molecule has 13 heavy (non-hydrogen) atoms. The summed E-state index contributed by atoms with van der Waals surface area (Å²) in [6.45, 7) is 9.31. The Hall–Kier alpha value is -0.436. The summed E-state index contributed by atoms with van der Waals surface area (Å²) >= 11 is 0. The van der Waals surface area contributed by atoms with Gasteiger partial charge in [-0.2, -0.15) is 0 Å². The van der Waals surface area contributed by atoms with E-state index in [9.17, 15) is 4.79 Å². The largest absolute Gasteiger partial charge is 0.478 e. The number of rotatable bonds is 2. The van der Waals surface area contributed by atoms with Gasteiger partial charge in [-0.3, -0.25) is 0 Å². The summed E-state index contributed by atoms with van der Waals surface area (Å²) in [6.07, 6.45) is 0.833. The second kappa shape index (κ2) is 11.6. The Morgan fingerprint density at radius 3 is 1.92 bits per heavy atom. The lowest BCUT2D eigenvalue weighted by atomic mass is 10.7. The molecule has 0 aliphatic carbocycles. The van der Waals surface area contributed by atoms with Crippen LogP contribution in [0, 0.1) is 0 Å². The number of hydrogen-bond acceptors (Lipinski definition) is 3. The predicted molar refractivity (Wildman–Crippen MR) is 58.6 cm³/mol. The van der Waals surface area contributed by atoms with Crippen LogP contribution in [0.25, 0.3) is 0 Å². The highest BCUT2D eigenvalue weighted by molar-refractivity contribution is 6.52. The number of carbonyl (C=O) groups is 1. The average Bonchev–Trinajstić information content (AvgIpc) is 2.91. The Bertz CT molecular complexity index is 134. The third kappa shape index (κ3) is 50.8. The topological polar surface area (TPSA) is 59.1 Å². The zero-order chi connectivity index (χ0) is 10.7. The summed E-state index contributed by atoms with van der Waals surface area (Å²) < 4.78 is 9.53. The number of epoxide rings is 1. The molecule has 1 aliphatic heterocycles. The minimum atomic E-state index is -0.981. The van der Waals surface area contributed by atoms with Gasteiger partial charge in [0.05, 0.1) is 13.2 Å². The van der Waals surface area contributed by atoms with Crippen molar-refractivity contribution in [1.82, 2.24) is 0 Å². The first-order valence-corrected chi connectivity index (χ1v) is 7.60. The molecule has 0 atom stereocenters. The molecule has 1 rings (SSSR count). The molecule has 0 saturated carbocycles. The second-order valence-corrected chi connectivity index (χ2v) is 6.42. The molecule has 4 nitrogen and oxygen atoms in total. The molecule has 1 saturated heterocycles. The Morgan fingerprint density at radius 1 is 1.69 bits per heavy atom. The third-order valence-corrected chi connectivity index (χ3v) is 4.62. The summed E-state index contributed by atoms with van der Waals surface area (Å²) in [5.41, 5.74) is 0. The predicted octanol–water partition coefficient (Wildman–Crippen LogP) is -0.460. The van der Waals surface area contributed by atoms with Crippen molar-refractivity contribution in [3.63, 3.8) is 0 Å². The van der Waals surface area contributed by atoms with Crippen molar-refractivity contribution in [3.05, 3.63) is 12.7 Å². The molecular formula is C7H18O4Si2. The van der Waals surface area contributed by atoms with Gasteiger partial charge in [0.15, 0.2) is 9.04 Å². The lowest BCUT2D eigenvalue weighted by Crippen LogP contribution is -2.02. The van der Waals surface area contributed by atoms with E-state index in [1.54, 1.807) is 0 Å². The lowest BCUT2D eigenvalue weighted by molar-refractivity contribution is -0.131. The molecule has 0 aromatic rings. The first kappa shape index (κ1) is 15.1. The van der Waals surface area contributed by atoms with Crippen LogP contribution in [0.1, 0.15) is 0 Å². The molecule has 0 aromatic heterocycles. The Kier molecular flexibility index (Phi) is 13.4. The van der Waals surface area contributed by atoms with Crippen molar-refractivity contribution in [2.24, 2.45) is 0 Å². The van der Waals surface area contributed by atoms with Crippen LogP contribution in [0.5, 0.6) is 0 Å². The van der Waals surface area contributed by atoms with Gasteiger partial charge in [-0.1, -0.05) is 6.58 Å². The van der Waals surface area contributed by atoms with Crippen LogP contribution < -0.4 is 0 Å². The summed E-state index contributed by atoms with van der Waals surface area (Å²) in [5.74, 6) is -0.981. The summed E-state index contributed by atoms with van der Waals surface area (Å²) in [7, 11) is 0.347. The zero-order valence-electron chi connectivity index (χ0n) is 8.45. The summed E-state index contributed by atoms with van der Waals surface area (Å²) in [6, 6.07) is 0. The van der Waals surface area contributed by atoms with E-state index in [4.69, 9.17) is 9.22 Å². The maximum Gasteiger partial charge on any atom is 0.327 e. The molecule has 0 aromatic carbocycles. The van der Waals surface area contributed by atoms with Crippen LogP contribution in [0.3, 0.4) is 0 Å². The molecular weight excluding hydrogens is 204 g/mol. The van der Waals surface area contributed by atoms with Gasteiger partial charge in [0.2, 0.25) is 0 Å². The molecule has 6 heteroatoms.